The maximum absolute atomic E-state index is 12.4. The number of esters is 2. The van der Waals surface area contributed by atoms with Gasteiger partial charge >= 0.3 is 20.1 Å². The molecule has 0 spiro atoms. The van der Waals surface area contributed by atoms with E-state index in [0.29, 0.717) is 0 Å². The highest BCUT2D eigenvalue weighted by Gasteiger charge is 2.59. The van der Waals surface area contributed by atoms with Gasteiger partial charge in [0.25, 0.3) is 5.91 Å². The number of oxazole rings is 1. The monoisotopic (exact) mass is 421 g/mol. The third-order valence-corrected chi connectivity index (χ3v) is 5.05. The van der Waals surface area contributed by atoms with Crippen molar-refractivity contribution in [2.75, 3.05) is 27.1 Å². The Morgan fingerprint density at radius 2 is 2.18 bits per heavy atom. The molecule has 13 heteroatoms. The van der Waals surface area contributed by atoms with Crippen LogP contribution >= 0.6 is 8.17 Å². The van der Waals surface area contributed by atoms with Gasteiger partial charge < -0.3 is 19.2 Å². The van der Waals surface area contributed by atoms with Crippen molar-refractivity contribution in [1.29, 1.82) is 0 Å². The summed E-state index contributed by atoms with van der Waals surface area (Å²) in [5, 5.41) is 2.53. The van der Waals surface area contributed by atoms with Crippen LogP contribution in [0.5, 0.6) is 0 Å². The van der Waals surface area contributed by atoms with Crippen molar-refractivity contribution < 1.29 is 46.7 Å². The smallest absolute Gasteiger partial charge is 0.469 e. The number of aromatic nitrogens is 1. The number of nitrogens with one attached hydrogen (secondary N) is 1. The number of hydrogen-bond acceptors (Lipinski definition) is 11. The van der Waals surface area contributed by atoms with Crippen LogP contribution in [0.2, 0.25) is 0 Å². The molecule has 156 valence electrons. The molecule has 1 saturated heterocycles. The van der Waals surface area contributed by atoms with Crippen LogP contribution in [0.15, 0.2) is 17.0 Å². The summed E-state index contributed by atoms with van der Waals surface area (Å²) in [6.45, 7) is 2.69. The average molecular weight is 421 g/mol. The lowest BCUT2D eigenvalue weighted by atomic mass is 9.87. The zero-order chi connectivity index (χ0) is 20.8. The van der Waals surface area contributed by atoms with E-state index in [2.05, 4.69) is 15.0 Å². The molecule has 0 saturated carbocycles. The summed E-state index contributed by atoms with van der Waals surface area (Å²) < 4.78 is 29.7. The Balaban J connectivity index is 1.88. The Morgan fingerprint density at radius 3 is 2.82 bits per heavy atom. The van der Waals surface area contributed by atoms with Crippen LogP contribution < -0.4 is 5.32 Å². The highest BCUT2D eigenvalue weighted by atomic mass is 31.2. The zero-order valence-electron chi connectivity index (χ0n) is 15.6. The van der Waals surface area contributed by atoms with E-state index in [1.807, 2.05) is 0 Å². The maximum Gasteiger partial charge on any atom is 0.576 e. The Bertz CT molecular complexity index is 695. The molecule has 2 rings (SSSR count). The summed E-state index contributed by atoms with van der Waals surface area (Å²) in [4.78, 5) is 49.1. The number of nitrogens with zero attached hydrogens (tertiary/aromatic N) is 1. The van der Waals surface area contributed by atoms with Crippen LogP contribution in [-0.4, -0.2) is 60.9 Å². The second-order valence-corrected chi connectivity index (χ2v) is 8.04. The molecule has 1 fully saturated rings. The van der Waals surface area contributed by atoms with Gasteiger partial charge in [0, 0.05) is 12.0 Å². The molecule has 0 bridgehead atoms. The molecular weight excluding hydrogens is 399 g/mol. The highest BCUT2D eigenvalue weighted by molar-refractivity contribution is 7.55. The molecule has 0 radical (unpaired) electrons. The zero-order valence-corrected chi connectivity index (χ0v) is 16.5. The number of rotatable bonds is 8. The number of carbonyl (C=O) groups excluding carboxylic acids is 3. The molecule has 1 amide bonds. The van der Waals surface area contributed by atoms with Gasteiger partial charge in [-0.25, -0.2) is 9.78 Å². The molecule has 0 aliphatic carbocycles. The van der Waals surface area contributed by atoms with E-state index < -0.39 is 44.3 Å². The minimum Gasteiger partial charge on any atom is -0.469 e. The molecule has 1 unspecified atom stereocenters. The van der Waals surface area contributed by atoms with Crippen LogP contribution in [-0.2, 0) is 32.6 Å². The third kappa shape index (κ3) is 5.94. The minimum absolute atomic E-state index is 0.0145. The molecule has 1 aliphatic rings. The Hall–Kier alpha value is -2.11. The summed E-state index contributed by atoms with van der Waals surface area (Å²) in [5.74, 6) is -2.05. The van der Waals surface area contributed by atoms with Crippen molar-refractivity contribution in [2.24, 2.45) is 5.41 Å². The second-order valence-electron chi connectivity index (χ2n) is 6.38. The molecular formula is C15H22N2O10P+. The first kappa shape index (κ1) is 22.2. The van der Waals surface area contributed by atoms with Crippen LogP contribution in [0.1, 0.15) is 30.8 Å². The fourth-order valence-electron chi connectivity index (χ4n) is 2.12. The summed E-state index contributed by atoms with van der Waals surface area (Å²) in [6, 6.07) is 0. The Morgan fingerprint density at radius 1 is 1.43 bits per heavy atom. The van der Waals surface area contributed by atoms with E-state index in [0.717, 1.165) is 12.6 Å². The minimum atomic E-state index is -3.92. The van der Waals surface area contributed by atoms with E-state index in [1.54, 1.807) is 13.8 Å². The summed E-state index contributed by atoms with van der Waals surface area (Å²) in [7, 11) is -2.68. The Labute approximate surface area is 161 Å². The van der Waals surface area contributed by atoms with Gasteiger partial charge in [-0.3, -0.25) is 9.59 Å². The van der Waals surface area contributed by atoms with Crippen molar-refractivity contribution >= 4 is 26.0 Å². The number of amides is 1. The number of carbonyl (C=O) groups is 3. The van der Waals surface area contributed by atoms with E-state index in [4.69, 9.17) is 22.7 Å². The first-order valence-electron chi connectivity index (χ1n) is 8.16. The van der Waals surface area contributed by atoms with Gasteiger partial charge in [0.15, 0.2) is 12.5 Å². The number of methoxy groups -OCH3 is 1. The topological polar surface area (TPSA) is 156 Å². The molecule has 1 aromatic heterocycles. The predicted molar refractivity (Wildman–Crippen MR) is 91.3 cm³/mol. The molecule has 12 nitrogen and oxygen atoms in total. The van der Waals surface area contributed by atoms with E-state index >= 15 is 0 Å². The van der Waals surface area contributed by atoms with Gasteiger partial charge in [-0.1, -0.05) is 13.8 Å². The largest absolute Gasteiger partial charge is 0.576 e. The van der Waals surface area contributed by atoms with Gasteiger partial charge in [-0.15, -0.1) is 9.05 Å². The van der Waals surface area contributed by atoms with Crippen molar-refractivity contribution in [1.82, 2.24) is 10.3 Å². The molecule has 0 aromatic carbocycles. The van der Waals surface area contributed by atoms with Crippen molar-refractivity contribution in [3.05, 3.63) is 18.4 Å². The van der Waals surface area contributed by atoms with Crippen molar-refractivity contribution in [2.45, 2.75) is 26.4 Å². The predicted octanol–water partition coefficient (Wildman–Crippen LogP) is 0.596. The van der Waals surface area contributed by atoms with Gasteiger partial charge in [-0.05, 0) is 0 Å². The molecule has 1 aliphatic heterocycles. The van der Waals surface area contributed by atoms with Gasteiger partial charge in [0.05, 0.1) is 19.7 Å². The fraction of sp³-hybridized carbons (Fsp3) is 0.600. The standard InChI is InChI=1S/C15H21N2O10P/c1-15(2)7-25-28(21,26-9-24-14(20)10-6-16-8-23-10)27-12(15)13(19)17-5-4-11(18)22-3/h6,8,12,21H,4-5,7,9H2,1-3H3/p+1/t12-,28?/m0/s1. The Kier molecular flexibility index (Phi) is 7.44. The molecule has 1 aromatic rings. The van der Waals surface area contributed by atoms with Gasteiger partial charge in [-0.2, -0.15) is 9.42 Å². The van der Waals surface area contributed by atoms with Crippen LogP contribution in [0.3, 0.4) is 0 Å². The molecule has 2 heterocycles. The molecule has 28 heavy (non-hydrogen) atoms. The number of ether oxygens (including phenoxy) is 2. The van der Waals surface area contributed by atoms with E-state index in [-0.39, 0.29) is 25.3 Å². The second kappa shape index (κ2) is 9.39. The van der Waals surface area contributed by atoms with E-state index in [1.165, 1.54) is 7.11 Å². The summed E-state index contributed by atoms with van der Waals surface area (Å²) in [5.41, 5.74) is -0.790. The third-order valence-electron chi connectivity index (χ3n) is 3.68. The molecule has 2 N–H and O–H groups in total. The quantitative estimate of drug-likeness (QED) is 0.344. The summed E-state index contributed by atoms with van der Waals surface area (Å²) >= 11 is 0. The lowest BCUT2D eigenvalue weighted by molar-refractivity contribution is -0.146. The average Bonchev–Trinajstić information content (AvgIpc) is 3.18. The normalized spacial score (nSPS) is 23.6. The van der Waals surface area contributed by atoms with Gasteiger partial charge in [0.1, 0.15) is 6.61 Å². The van der Waals surface area contributed by atoms with E-state index in [9.17, 15) is 19.3 Å². The highest BCUT2D eigenvalue weighted by Crippen LogP contribution is 2.63. The lowest BCUT2D eigenvalue weighted by Gasteiger charge is -2.36. The van der Waals surface area contributed by atoms with Crippen molar-refractivity contribution in [3.63, 3.8) is 0 Å². The molecule has 2 atom stereocenters. The first-order chi connectivity index (χ1) is 13.2. The van der Waals surface area contributed by atoms with Gasteiger partial charge in [0.2, 0.25) is 12.6 Å². The van der Waals surface area contributed by atoms with Crippen LogP contribution in [0.4, 0.5) is 0 Å². The van der Waals surface area contributed by atoms with Crippen LogP contribution in [0, 0.1) is 5.41 Å². The maximum atomic E-state index is 12.4. The van der Waals surface area contributed by atoms with Crippen molar-refractivity contribution in [3.8, 4) is 0 Å². The SMILES string of the molecule is COC(=O)CCNC(=O)[C@@H]1O[P+](O)(OCOC(=O)c2cnco2)OCC1(C)C. The first-order valence-corrected chi connectivity index (χ1v) is 9.66. The fourth-order valence-corrected chi connectivity index (χ4v) is 3.64. The lowest BCUT2D eigenvalue weighted by Crippen LogP contribution is -2.50. The van der Waals surface area contributed by atoms with Crippen LogP contribution in [0.25, 0.3) is 0 Å². The summed E-state index contributed by atoms with van der Waals surface area (Å²) in [6.07, 6.45) is 1.06. The number of hydrogen-bond donors (Lipinski definition) is 2.